The predicted octanol–water partition coefficient (Wildman–Crippen LogP) is 4.49. The summed E-state index contributed by atoms with van der Waals surface area (Å²) in [6.07, 6.45) is 0. The van der Waals surface area contributed by atoms with Crippen LogP contribution in [0.3, 0.4) is 0 Å². The van der Waals surface area contributed by atoms with Crippen molar-refractivity contribution in [3.63, 3.8) is 0 Å². The van der Waals surface area contributed by atoms with Crippen LogP contribution in [-0.4, -0.2) is 14.7 Å². The van der Waals surface area contributed by atoms with Gasteiger partial charge in [0.05, 0.1) is 0 Å². The number of rotatable bonds is 0. The second kappa shape index (κ2) is 2.83. The van der Waals surface area contributed by atoms with E-state index >= 15 is 0 Å². The summed E-state index contributed by atoms with van der Waals surface area (Å²) in [4.78, 5) is 0. The average Bonchev–Trinajstić information content (AvgIpc) is 2.40. The Balaban J connectivity index is 1.97. The molecular weight excluding hydrogens is 640 g/mol. The van der Waals surface area contributed by atoms with Crippen molar-refractivity contribution < 1.29 is 0 Å². The summed E-state index contributed by atoms with van der Waals surface area (Å²) in [5.74, 6) is 3.94. The van der Waals surface area contributed by atoms with Crippen LogP contribution in [0.2, 0.25) is 0 Å². The summed E-state index contributed by atoms with van der Waals surface area (Å²) in [7, 11) is 0. The third-order valence-electron chi connectivity index (χ3n) is 6.15. The molecule has 7 unspecified atom stereocenters. The van der Waals surface area contributed by atoms with E-state index in [0.29, 0.717) is 6.84 Å². The highest BCUT2D eigenvalue weighted by Gasteiger charge is 3.02. The lowest BCUT2D eigenvalue weighted by Crippen LogP contribution is -2.91. The van der Waals surface area contributed by atoms with Gasteiger partial charge in [-0.2, -0.15) is 0 Å². The molecular formula is C11H12I4. The largest absolute Gasteiger partial charge is 0.0815 e. The number of hydrogen-bond acceptors (Lipinski definition) is 0. The molecule has 5 saturated carbocycles. The fraction of sp³-hybridized carbons (Fsp3) is 1.00. The molecule has 0 aromatic carbocycles. The van der Waals surface area contributed by atoms with Gasteiger partial charge in [-0.05, 0) is 23.7 Å². The van der Waals surface area contributed by atoms with Crippen molar-refractivity contribution in [1.82, 2.24) is 0 Å². The maximum atomic E-state index is 2.86. The second-order valence-electron chi connectivity index (χ2n) is 5.84. The summed E-state index contributed by atoms with van der Waals surface area (Å²) in [5.41, 5.74) is 0.733. The minimum absolute atomic E-state index is 0.648. The van der Waals surface area contributed by atoms with E-state index in [-0.39, 0.29) is 0 Å². The lowest BCUT2D eigenvalue weighted by Gasteiger charge is -2.85. The summed E-state index contributed by atoms with van der Waals surface area (Å²) in [5, 5.41) is 0. The maximum absolute atomic E-state index is 2.86. The highest BCUT2D eigenvalue weighted by Crippen LogP contribution is 2.98. The molecule has 0 heterocycles. The predicted molar refractivity (Wildman–Crippen MR) is 96.9 cm³/mol. The molecule has 0 aromatic rings. The van der Waals surface area contributed by atoms with Crippen molar-refractivity contribution in [2.45, 2.75) is 28.5 Å². The first-order valence-corrected chi connectivity index (χ1v) is 10.2. The van der Waals surface area contributed by atoms with Crippen LogP contribution in [0.5, 0.6) is 0 Å². The zero-order valence-corrected chi connectivity index (χ0v) is 17.1. The summed E-state index contributed by atoms with van der Waals surface area (Å²) in [6.45, 7) is 5.05. The first kappa shape index (κ1) is 11.7. The van der Waals surface area contributed by atoms with E-state index in [9.17, 15) is 0 Å². The lowest BCUT2D eigenvalue weighted by molar-refractivity contribution is -0.184. The third-order valence-corrected chi connectivity index (χ3v) is 16.0. The quantitative estimate of drug-likeness (QED) is 0.268. The molecule has 4 heteroatoms. The van der Waals surface area contributed by atoms with Gasteiger partial charge in [0.25, 0.3) is 0 Å². The van der Waals surface area contributed by atoms with Gasteiger partial charge in [0.1, 0.15) is 0 Å². The maximum Gasteiger partial charge on any atom is 0.0466 e. The third kappa shape index (κ3) is 0.708. The van der Waals surface area contributed by atoms with Gasteiger partial charge in [-0.15, -0.1) is 0 Å². The molecule has 0 amide bonds. The van der Waals surface area contributed by atoms with Gasteiger partial charge in [-0.3, -0.25) is 0 Å². The SMILES string of the molecule is CC1C2C(I)[C@@]34C(C(I)C23I)[C@H](C)C14I. The molecule has 0 aliphatic heterocycles. The van der Waals surface area contributed by atoms with Crippen LogP contribution in [0.4, 0.5) is 0 Å². The van der Waals surface area contributed by atoms with Gasteiger partial charge in [0, 0.05) is 20.1 Å². The van der Waals surface area contributed by atoms with Crippen molar-refractivity contribution >= 4 is 90.4 Å². The van der Waals surface area contributed by atoms with Gasteiger partial charge < -0.3 is 0 Å². The molecule has 5 aliphatic rings. The first-order chi connectivity index (χ1) is 6.87. The molecule has 5 rings (SSSR count). The van der Waals surface area contributed by atoms with Crippen LogP contribution in [0.15, 0.2) is 0 Å². The zero-order chi connectivity index (χ0) is 11.0. The lowest BCUT2D eigenvalue weighted by atomic mass is 9.30. The van der Waals surface area contributed by atoms with E-state index < -0.39 is 0 Å². The van der Waals surface area contributed by atoms with Crippen LogP contribution < -0.4 is 0 Å². The molecule has 5 fully saturated rings. The Morgan fingerprint density at radius 2 is 1.33 bits per heavy atom. The Labute approximate surface area is 145 Å². The molecule has 0 N–H and O–H groups in total. The van der Waals surface area contributed by atoms with Crippen molar-refractivity contribution in [3.8, 4) is 0 Å². The molecule has 0 aromatic heterocycles. The minimum atomic E-state index is 0.648. The standard InChI is InChI=1S/C11H12I4/c1-3-5-8(13)11(15)6-4(2)10(3,14)9(5,11)7(6)12/h3-8H,1-2H3/t3-,4?,5?,6?,7?,8?,9+,10?,11?/m0/s1. The molecule has 5 aliphatic carbocycles. The topological polar surface area (TPSA) is 0 Å². The highest BCUT2D eigenvalue weighted by atomic mass is 127. The smallest absolute Gasteiger partial charge is 0.0466 e. The molecule has 2 bridgehead atoms. The van der Waals surface area contributed by atoms with Crippen molar-refractivity contribution in [1.29, 1.82) is 0 Å². The minimum Gasteiger partial charge on any atom is -0.0815 e. The van der Waals surface area contributed by atoms with Gasteiger partial charge in [-0.25, -0.2) is 0 Å². The Morgan fingerprint density at radius 1 is 0.800 bits per heavy atom. The van der Waals surface area contributed by atoms with E-state index in [1.165, 1.54) is 0 Å². The summed E-state index contributed by atoms with van der Waals surface area (Å²) < 4.78 is 3.25. The van der Waals surface area contributed by atoms with Crippen LogP contribution in [0.25, 0.3) is 0 Å². The fourth-order valence-electron chi connectivity index (χ4n) is 5.75. The number of alkyl halides is 4. The molecule has 15 heavy (non-hydrogen) atoms. The molecule has 0 radical (unpaired) electrons. The van der Waals surface area contributed by atoms with E-state index in [0.717, 1.165) is 36.9 Å². The van der Waals surface area contributed by atoms with Crippen LogP contribution in [0, 0.1) is 29.1 Å². The number of hydrogen-bond donors (Lipinski definition) is 0. The van der Waals surface area contributed by atoms with E-state index in [2.05, 4.69) is 104 Å². The number of halogens is 4. The Kier molecular flexibility index (Phi) is 2.21. The van der Waals surface area contributed by atoms with Gasteiger partial charge in [0.15, 0.2) is 0 Å². The van der Waals surface area contributed by atoms with Crippen molar-refractivity contribution in [3.05, 3.63) is 0 Å². The van der Waals surface area contributed by atoms with E-state index in [4.69, 9.17) is 0 Å². The monoisotopic (exact) mass is 652 g/mol. The van der Waals surface area contributed by atoms with Gasteiger partial charge >= 0.3 is 0 Å². The summed E-state index contributed by atoms with van der Waals surface area (Å²) in [6, 6.07) is 0. The fourth-order valence-corrected chi connectivity index (χ4v) is 17.3. The molecule has 1 spiro atoms. The molecule has 0 saturated heterocycles. The van der Waals surface area contributed by atoms with Gasteiger partial charge in [-0.1, -0.05) is 104 Å². The van der Waals surface area contributed by atoms with Crippen molar-refractivity contribution in [2.75, 3.05) is 0 Å². The Hall–Kier alpha value is 2.92. The normalized spacial score (nSPS) is 82.8. The zero-order valence-electron chi connectivity index (χ0n) is 8.48. The van der Waals surface area contributed by atoms with Crippen LogP contribution >= 0.6 is 90.4 Å². The van der Waals surface area contributed by atoms with Gasteiger partial charge in [0.2, 0.25) is 0 Å². The second-order valence-corrected chi connectivity index (χ2v) is 12.1. The molecule has 84 valence electrons. The van der Waals surface area contributed by atoms with E-state index in [1.54, 1.807) is 0 Å². The average molecular weight is 652 g/mol. The molecule has 9 atom stereocenters. The highest BCUT2D eigenvalue weighted by molar-refractivity contribution is 14.1. The Morgan fingerprint density at radius 3 is 1.93 bits per heavy atom. The Bertz CT molecular complexity index is 385. The van der Waals surface area contributed by atoms with Crippen LogP contribution in [0.1, 0.15) is 13.8 Å². The first-order valence-electron chi connectivity index (χ1n) is 5.53. The van der Waals surface area contributed by atoms with E-state index in [1.807, 2.05) is 0 Å². The molecule has 0 nitrogen and oxygen atoms in total. The summed E-state index contributed by atoms with van der Waals surface area (Å²) >= 11 is 11.2. The van der Waals surface area contributed by atoms with Crippen LogP contribution in [-0.2, 0) is 0 Å². The van der Waals surface area contributed by atoms with Crippen molar-refractivity contribution in [2.24, 2.45) is 29.1 Å².